The van der Waals surface area contributed by atoms with Gasteiger partial charge in [0, 0.05) is 5.92 Å². The van der Waals surface area contributed by atoms with E-state index in [1.165, 1.54) is 25.7 Å². The summed E-state index contributed by atoms with van der Waals surface area (Å²) in [5.74, 6) is 1.78. The van der Waals surface area contributed by atoms with E-state index in [0.29, 0.717) is 17.1 Å². The molecular formula is C11H18O3. The van der Waals surface area contributed by atoms with Crippen LogP contribution in [-0.2, 0) is 9.59 Å². The second kappa shape index (κ2) is 4.11. The molecule has 1 spiro atoms. The highest BCUT2D eigenvalue weighted by atomic mass is 16.3. The molecule has 0 unspecified atom stereocenters. The smallest absolute Gasteiger partial charge is 0.290 e. The molecule has 2 fully saturated rings. The van der Waals surface area contributed by atoms with Crippen molar-refractivity contribution in [1.29, 1.82) is 0 Å². The number of Topliss-reactive ketones (excluding diaryl/α,β-unsaturated/α-hetero) is 1. The van der Waals surface area contributed by atoms with E-state index < -0.39 is 0 Å². The van der Waals surface area contributed by atoms with Gasteiger partial charge >= 0.3 is 0 Å². The number of hydrogen-bond donors (Lipinski definition) is 1. The molecule has 0 radical (unpaired) electrons. The van der Waals surface area contributed by atoms with E-state index >= 15 is 0 Å². The van der Waals surface area contributed by atoms with E-state index in [1.807, 2.05) is 0 Å². The second-order valence-electron chi connectivity index (χ2n) is 4.83. The van der Waals surface area contributed by atoms with Crippen LogP contribution in [0, 0.1) is 17.3 Å². The third-order valence-electron chi connectivity index (χ3n) is 3.50. The zero-order valence-electron chi connectivity index (χ0n) is 8.82. The van der Waals surface area contributed by atoms with Crippen molar-refractivity contribution >= 4 is 12.3 Å². The monoisotopic (exact) mass is 198 g/mol. The molecule has 2 aliphatic rings. The molecule has 0 aromatic heterocycles. The summed E-state index contributed by atoms with van der Waals surface area (Å²) in [6, 6.07) is 0. The van der Waals surface area contributed by atoms with Crippen LogP contribution in [0.4, 0.5) is 0 Å². The summed E-state index contributed by atoms with van der Waals surface area (Å²) in [5.41, 5.74) is 0.649. The van der Waals surface area contributed by atoms with Crippen LogP contribution in [-0.4, -0.2) is 17.4 Å². The van der Waals surface area contributed by atoms with Gasteiger partial charge in [-0.2, -0.15) is 0 Å². The molecule has 3 nitrogen and oxygen atoms in total. The molecule has 0 amide bonds. The Morgan fingerprint density at radius 3 is 2.07 bits per heavy atom. The number of rotatable bonds is 1. The van der Waals surface area contributed by atoms with Crippen molar-refractivity contribution in [3.05, 3.63) is 0 Å². The third-order valence-corrected chi connectivity index (χ3v) is 3.50. The van der Waals surface area contributed by atoms with E-state index in [2.05, 4.69) is 6.92 Å². The fourth-order valence-electron chi connectivity index (χ4n) is 3.03. The minimum Gasteiger partial charge on any atom is -0.483 e. The van der Waals surface area contributed by atoms with Gasteiger partial charge in [-0.15, -0.1) is 0 Å². The van der Waals surface area contributed by atoms with Gasteiger partial charge in [0.2, 0.25) is 0 Å². The third kappa shape index (κ3) is 2.14. The first-order valence-electron chi connectivity index (χ1n) is 5.11. The van der Waals surface area contributed by atoms with Crippen molar-refractivity contribution in [3.63, 3.8) is 0 Å². The van der Waals surface area contributed by atoms with E-state index in [-0.39, 0.29) is 6.47 Å². The predicted molar refractivity (Wildman–Crippen MR) is 52.9 cm³/mol. The normalized spacial score (nSPS) is 38.7. The lowest BCUT2D eigenvalue weighted by Gasteiger charge is -2.56. The summed E-state index contributed by atoms with van der Waals surface area (Å²) in [4.78, 5) is 19.3. The first kappa shape index (κ1) is 11.2. The Morgan fingerprint density at radius 2 is 1.79 bits per heavy atom. The Hall–Kier alpha value is -0.860. The van der Waals surface area contributed by atoms with Crippen LogP contribution in [0.5, 0.6) is 0 Å². The molecule has 0 heterocycles. The molecule has 2 rings (SSSR count). The fraction of sp³-hybridized carbons (Fsp3) is 0.818. The summed E-state index contributed by atoms with van der Waals surface area (Å²) in [6.45, 7) is 3.80. The largest absolute Gasteiger partial charge is 0.483 e. The molecular weight excluding hydrogens is 180 g/mol. The average Bonchev–Trinajstić information content (AvgIpc) is 1.94. The highest BCUT2D eigenvalue weighted by Crippen LogP contribution is 2.61. The molecule has 1 N–H and O–H groups in total. The van der Waals surface area contributed by atoms with Crippen LogP contribution in [0.15, 0.2) is 0 Å². The number of ketones is 1. The van der Waals surface area contributed by atoms with Gasteiger partial charge < -0.3 is 5.11 Å². The zero-order chi connectivity index (χ0) is 10.8. The molecule has 0 aliphatic heterocycles. The van der Waals surface area contributed by atoms with Crippen LogP contribution < -0.4 is 0 Å². The van der Waals surface area contributed by atoms with Gasteiger partial charge in [-0.1, -0.05) is 6.92 Å². The molecule has 0 saturated heterocycles. The Balaban J connectivity index is 0.000000293. The molecule has 0 aromatic rings. The molecule has 0 bridgehead atoms. The lowest BCUT2D eigenvalue weighted by molar-refractivity contribution is -0.135. The van der Waals surface area contributed by atoms with Gasteiger partial charge in [0.25, 0.3) is 6.47 Å². The van der Waals surface area contributed by atoms with Crippen molar-refractivity contribution in [3.8, 4) is 0 Å². The highest BCUT2D eigenvalue weighted by molar-refractivity contribution is 5.79. The van der Waals surface area contributed by atoms with Crippen molar-refractivity contribution < 1.29 is 14.7 Å². The Bertz CT molecular complexity index is 221. The fourth-order valence-corrected chi connectivity index (χ4v) is 3.03. The summed E-state index contributed by atoms with van der Waals surface area (Å²) in [7, 11) is 0. The molecule has 14 heavy (non-hydrogen) atoms. The molecule has 2 aliphatic carbocycles. The summed E-state index contributed by atoms with van der Waals surface area (Å²) >= 11 is 0. The second-order valence-corrected chi connectivity index (χ2v) is 4.83. The van der Waals surface area contributed by atoms with Crippen LogP contribution in [0.25, 0.3) is 0 Å². The standard InChI is InChI=1S/C10H16O.CH2O2/c1-7-3-10(4-7)5-9(6-10)8(2)11;2-1-3/h7,9H,3-6H2,1-2H3;1H,(H,2,3). The van der Waals surface area contributed by atoms with Gasteiger partial charge in [-0.25, -0.2) is 0 Å². The maximum Gasteiger partial charge on any atom is 0.290 e. The SMILES string of the molecule is CC(=O)C1CC2(CC(C)C2)C1.O=CO. The summed E-state index contributed by atoms with van der Waals surface area (Å²) < 4.78 is 0. The Kier molecular flexibility index (Phi) is 3.29. The van der Waals surface area contributed by atoms with E-state index in [4.69, 9.17) is 9.90 Å². The van der Waals surface area contributed by atoms with Crippen LogP contribution in [0.3, 0.4) is 0 Å². The van der Waals surface area contributed by atoms with Crippen LogP contribution in [0.2, 0.25) is 0 Å². The molecule has 0 atom stereocenters. The minimum atomic E-state index is -0.250. The first-order chi connectivity index (χ1) is 6.53. The minimum absolute atomic E-state index is 0.250. The highest BCUT2D eigenvalue weighted by Gasteiger charge is 2.52. The number of carboxylic acid groups (broad SMARTS) is 1. The first-order valence-corrected chi connectivity index (χ1v) is 5.11. The van der Waals surface area contributed by atoms with E-state index in [1.54, 1.807) is 6.92 Å². The van der Waals surface area contributed by atoms with Gasteiger partial charge in [0.1, 0.15) is 5.78 Å². The van der Waals surface area contributed by atoms with Crippen molar-refractivity contribution in [2.24, 2.45) is 17.3 Å². The Labute approximate surface area is 84.5 Å². The van der Waals surface area contributed by atoms with Crippen molar-refractivity contribution in [2.45, 2.75) is 39.5 Å². The maximum atomic E-state index is 10.9. The van der Waals surface area contributed by atoms with E-state index in [0.717, 1.165) is 5.92 Å². The quantitative estimate of drug-likeness (QED) is 0.656. The number of hydrogen-bond acceptors (Lipinski definition) is 2. The van der Waals surface area contributed by atoms with Crippen LogP contribution >= 0.6 is 0 Å². The summed E-state index contributed by atoms with van der Waals surface area (Å²) in [6.07, 6.45) is 5.17. The van der Waals surface area contributed by atoms with E-state index in [9.17, 15) is 4.79 Å². The maximum absolute atomic E-state index is 10.9. The topological polar surface area (TPSA) is 54.4 Å². The van der Waals surface area contributed by atoms with Gasteiger partial charge in [-0.05, 0) is 43.9 Å². The molecule has 2 saturated carbocycles. The van der Waals surface area contributed by atoms with Crippen LogP contribution in [0.1, 0.15) is 39.5 Å². The van der Waals surface area contributed by atoms with Gasteiger partial charge in [0.15, 0.2) is 0 Å². The van der Waals surface area contributed by atoms with Gasteiger partial charge in [0.05, 0.1) is 0 Å². The summed E-state index contributed by atoms with van der Waals surface area (Å²) in [5, 5.41) is 6.89. The molecule has 80 valence electrons. The molecule has 0 aromatic carbocycles. The van der Waals surface area contributed by atoms with Crippen molar-refractivity contribution in [1.82, 2.24) is 0 Å². The average molecular weight is 198 g/mol. The lowest BCUT2D eigenvalue weighted by Crippen LogP contribution is -2.48. The van der Waals surface area contributed by atoms with Gasteiger partial charge in [-0.3, -0.25) is 9.59 Å². The van der Waals surface area contributed by atoms with Crippen molar-refractivity contribution in [2.75, 3.05) is 0 Å². The molecule has 3 heteroatoms. The Morgan fingerprint density at radius 1 is 1.36 bits per heavy atom. The predicted octanol–water partition coefficient (Wildman–Crippen LogP) is 2.10. The lowest BCUT2D eigenvalue weighted by atomic mass is 9.48. The number of carbonyl (C=O) groups excluding carboxylic acids is 1. The number of carbonyl (C=O) groups is 2. The zero-order valence-corrected chi connectivity index (χ0v) is 8.82.